The summed E-state index contributed by atoms with van der Waals surface area (Å²) in [7, 11) is -4.12. The molecule has 0 spiro atoms. The zero-order valence-electron chi connectivity index (χ0n) is 16.1. The molecule has 0 amide bonds. The number of nitrogens with one attached hydrogen (secondary N) is 2. The van der Waals surface area contributed by atoms with Gasteiger partial charge in [0.05, 0.1) is 21.6 Å². The van der Waals surface area contributed by atoms with Crippen LogP contribution in [0.25, 0.3) is 0 Å². The zero-order valence-corrected chi connectivity index (χ0v) is 16.9. The second kappa shape index (κ2) is 9.06. The fourth-order valence-electron chi connectivity index (χ4n) is 2.68. The van der Waals surface area contributed by atoms with Gasteiger partial charge >= 0.3 is 6.18 Å². The molecule has 2 N–H and O–H groups in total. The molecule has 0 atom stereocenters. The van der Waals surface area contributed by atoms with Gasteiger partial charge in [0, 0.05) is 17.3 Å². The van der Waals surface area contributed by atoms with E-state index < -0.39 is 32.4 Å². The number of alkyl halides is 3. The number of nitrogens with zero attached hydrogens (tertiary/aromatic N) is 2. The lowest BCUT2D eigenvalue weighted by Gasteiger charge is -2.10. The van der Waals surface area contributed by atoms with Crippen molar-refractivity contribution in [2.24, 2.45) is 5.10 Å². The van der Waals surface area contributed by atoms with Crippen LogP contribution in [-0.4, -0.2) is 19.6 Å². The van der Waals surface area contributed by atoms with Gasteiger partial charge in [-0.1, -0.05) is 36.4 Å². The van der Waals surface area contributed by atoms with Crippen LogP contribution < -0.4 is 10.1 Å². The van der Waals surface area contributed by atoms with Crippen molar-refractivity contribution in [1.82, 2.24) is 0 Å². The normalized spacial score (nSPS) is 12.0. The second-order valence-corrected chi connectivity index (χ2v) is 8.05. The lowest BCUT2D eigenvalue weighted by molar-refractivity contribution is -0.384. The molecule has 3 aromatic rings. The third kappa shape index (κ3) is 5.40. The lowest BCUT2D eigenvalue weighted by atomic mass is 10.1. The molecule has 3 aromatic carbocycles. The molecule has 0 unspecified atom stereocenters. The second-order valence-electron chi connectivity index (χ2n) is 6.36. The van der Waals surface area contributed by atoms with E-state index in [4.69, 9.17) is 0 Å². The Morgan fingerprint density at radius 3 is 2.28 bits per heavy atom. The highest BCUT2D eigenvalue weighted by atomic mass is 32.2. The number of rotatable bonds is 7. The maximum Gasteiger partial charge on any atom is 0.417 e. The molecule has 0 bridgehead atoms. The molecule has 12 heteroatoms. The van der Waals surface area contributed by atoms with Gasteiger partial charge in [0.1, 0.15) is 5.69 Å². The summed E-state index contributed by atoms with van der Waals surface area (Å²) in [6.45, 7) is 0. The monoisotopic (exact) mass is 464 g/mol. The number of sulfonamides is 1. The van der Waals surface area contributed by atoms with Crippen LogP contribution in [0.15, 0.2) is 82.8 Å². The minimum Gasteiger partial charge on any atom is -0.280 e. The van der Waals surface area contributed by atoms with E-state index in [9.17, 15) is 31.7 Å². The van der Waals surface area contributed by atoms with E-state index >= 15 is 0 Å². The standard InChI is InChI=1S/C20H15F3N4O4S/c21-20(22,23)17-9-5-4-6-14(17)13-24-25-18-11-10-16(12-19(18)27(28)29)32(30,31)26-15-7-2-1-3-8-15/h1-13,25-26H/b24-13+. The predicted molar refractivity (Wildman–Crippen MR) is 113 cm³/mol. The molecule has 0 heterocycles. The number of nitro benzene ring substituents is 1. The molecule has 0 aromatic heterocycles. The first-order chi connectivity index (χ1) is 15.1. The van der Waals surface area contributed by atoms with E-state index in [-0.39, 0.29) is 21.8 Å². The number of hydrogen-bond acceptors (Lipinski definition) is 6. The van der Waals surface area contributed by atoms with Gasteiger partial charge in [0.15, 0.2) is 0 Å². The Morgan fingerprint density at radius 2 is 1.62 bits per heavy atom. The van der Waals surface area contributed by atoms with Gasteiger partial charge in [-0.05, 0) is 30.3 Å². The number of anilines is 2. The fourth-order valence-corrected chi connectivity index (χ4v) is 3.76. The van der Waals surface area contributed by atoms with Crippen molar-refractivity contribution >= 4 is 33.3 Å². The van der Waals surface area contributed by atoms with Crippen molar-refractivity contribution in [3.63, 3.8) is 0 Å². The van der Waals surface area contributed by atoms with E-state index in [2.05, 4.69) is 15.2 Å². The summed E-state index contributed by atoms with van der Waals surface area (Å²) >= 11 is 0. The lowest BCUT2D eigenvalue weighted by Crippen LogP contribution is -2.13. The Hall–Kier alpha value is -3.93. The molecular formula is C20H15F3N4O4S. The minimum atomic E-state index is -4.60. The Morgan fingerprint density at radius 1 is 0.969 bits per heavy atom. The van der Waals surface area contributed by atoms with Crippen molar-refractivity contribution < 1.29 is 26.5 Å². The number of halogens is 3. The highest BCUT2D eigenvalue weighted by molar-refractivity contribution is 7.92. The molecular weight excluding hydrogens is 449 g/mol. The Balaban J connectivity index is 1.86. The summed E-state index contributed by atoms with van der Waals surface area (Å²) in [6.07, 6.45) is -3.73. The molecule has 0 radical (unpaired) electrons. The predicted octanol–water partition coefficient (Wildman–Crippen LogP) is 4.86. The van der Waals surface area contributed by atoms with E-state index in [0.717, 1.165) is 30.5 Å². The highest BCUT2D eigenvalue weighted by Crippen LogP contribution is 2.31. The molecule has 8 nitrogen and oxygen atoms in total. The molecule has 0 aliphatic carbocycles. The summed E-state index contributed by atoms with van der Waals surface area (Å²) in [5, 5.41) is 15.1. The minimum absolute atomic E-state index is 0.200. The van der Waals surface area contributed by atoms with E-state index in [1.165, 1.54) is 30.3 Å². The summed E-state index contributed by atoms with van der Waals surface area (Å²) < 4.78 is 66.5. The molecule has 0 aliphatic rings. The molecule has 0 aliphatic heterocycles. The van der Waals surface area contributed by atoms with Crippen LogP contribution in [0.5, 0.6) is 0 Å². The molecule has 3 rings (SSSR count). The molecule has 32 heavy (non-hydrogen) atoms. The SMILES string of the molecule is O=[N+]([O-])c1cc(S(=O)(=O)Nc2ccccc2)ccc1N/N=C/c1ccccc1C(F)(F)F. The highest BCUT2D eigenvalue weighted by Gasteiger charge is 2.32. The van der Waals surface area contributed by atoms with Gasteiger partial charge in [-0.3, -0.25) is 20.3 Å². The topological polar surface area (TPSA) is 114 Å². The first-order valence-electron chi connectivity index (χ1n) is 8.89. The van der Waals surface area contributed by atoms with Gasteiger partial charge in [0.25, 0.3) is 15.7 Å². The first-order valence-corrected chi connectivity index (χ1v) is 10.4. The summed E-state index contributed by atoms with van der Waals surface area (Å²) in [5.74, 6) is 0. The molecule has 0 saturated carbocycles. The Labute approximate surface area is 180 Å². The van der Waals surface area contributed by atoms with Crippen molar-refractivity contribution in [1.29, 1.82) is 0 Å². The van der Waals surface area contributed by atoms with Crippen LogP contribution in [-0.2, 0) is 16.2 Å². The van der Waals surface area contributed by atoms with Gasteiger partial charge in [-0.25, -0.2) is 8.42 Å². The average Bonchev–Trinajstić information content (AvgIpc) is 2.73. The van der Waals surface area contributed by atoms with Crippen molar-refractivity contribution in [3.8, 4) is 0 Å². The number of hydrazone groups is 1. The molecule has 0 fully saturated rings. The van der Waals surface area contributed by atoms with Gasteiger partial charge in [-0.2, -0.15) is 18.3 Å². The van der Waals surface area contributed by atoms with Crippen LogP contribution in [0.2, 0.25) is 0 Å². The maximum absolute atomic E-state index is 13.0. The average molecular weight is 464 g/mol. The molecule has 0 saturated heterocycles. The number of benzene rings is 3. The van der Waals surface area contributed by atoms with Crippen LogP contribution in [0.3, 0.4) is 0 Å². The Bertz CT molecular complexity index is 1260. The summed E-state index contributed by atoms with van der Waals surface area (Å²) in [6, 6.07) is 15.7. The summed E-state index contributed by atoms with van der Waals surface area (Å²) in [4.78, 5) is 10.2. The number of nitro groups is 1. The zero-order chi connectivity index (χ0) is 23.4. The maximum atomic E-state index is 13.0. The van der Waals surface area contributed by atoms with Gasteiger partial charge < -0.3 is 0 Å². The summed E-state index contributed by atoms with van der Waals surface area (Å²) in [5.41, 5.74) is 0.570. The molecule has 166 valence electrons. The van der Waals surface area contributed by atoms with Crippen molar-refractivity contribution in [2.75, 3.05) is 10.1 Å². The third-order valence-electron chi connectivity index (χ3n) is 4.16. The quantitative estimate of drug-likeness (QED) is 0.295. The van der Waals surface area contributed by atoms with Crippen LogP contribution in [0.4, 0.5) is 30.2 Å². The van der Waals surface area contributed by atoms with Crippen LogP contribution >= 0.6 is 0 Å². The Kier molecular flexibility index (Phi) is 6.44. The number of hydrogen-bond donors (Lipinski definition) is 2. The van der Waals surface area contributed by atoms with Crippen molar-refractivity contribution in [3.05, 3.63) is 94.0 Å². The van der Waals surface area contributed by atoms with E-state index in [1.807, 2.05) is 0 Å². The fraction of sp³-hybridized carbons (Fsp3) is 0.0500. The first kappa shape index (κ1) is 22.7. The van der Waals surface area contributed by atoms with Gasteiger partial charge in [0.2, 0.25) is 0 Å². The van der Waals surface area contributed by atoms with E-state index in [0.29, 0.717) is 0 Å². The van der Waals surface area contributed by atoms with Crippen molar-refractivity contribution in [2.45, 2.75) is 11.1 Å². The largest absolute Gasteiger partial charge is 0.417 e. The van der Waals surface area contributed by atoms with E-state index in [1.54, 1.807) is 18.2 Å². The smallest absolute Gasteiger partial charge is 0.280 e. The number of para-hydroxylation sites is 1. The third-order valence-corrected chi connectivity index (χ3v) is 5.54. The van der Waals surface area contributed by atoms with Crippen LogP contribution in [0.1, 0.15) is 11.1 Å². The van der Waals surface area contributed by atoms with Crippen LogP contribution in [0, 0.1) is 10.1 Å². The van der Waals surface area contributed by atoms with Gasteiger partial charge in [-0.15, -0.1) is 0 Å².